The summed E-state index contributed by atoms with van der Waals surface area (Å²) in [5.74, 6) is -0.0229. The third kappa shape index (κ3) is 5.03. The molecule has 0 spiro atoms. The van der Waals surface area contributed by atoms with Crippen molar-refractivity contribution in [1.82, 2.24) is 9.88 Å². The monoisotopic (exact) mass is 431 g/mol. The number of benzene rings is 1. The van der Waals surface area contributed by atoms with E-state index in [0.717, 1.165) is 44.8 Å². The largest absolute Gasteiger partial charge is 0.302 e. The minimum absolute atomic E-state index is 0.0229. The Hall–Kier alpha value is -1.67. The number of amides is 1. The third-order valence-electron chi connectivity index (χ3n) is 4.56. The van der Waals surface area contributed by atoms with Gasteiger partial charge in [0, 0.05) is 28.9 Å². The van der Waals surface area contributed by atoms with Crippen LogP contribution in [0.1, 0.15) is 18.7 Å². The molecule has 0 aliphatic carbocycles. The SMILES string of the molecule is CCN(CC)CCN(C(=O)C=Cc1cccs1)c1nc2c(SC)cccc2s1. The number of thiazole rings is 1. The Balaban J connectivity index is 1.89. The number of fused-ring (bicyclic) bond motifs is 1. The lowest BCUT2D eigenvalue weighted by Gasteiger charge is -2.23. The molecule has 0 aliphatic rings. The van der Waals surface area contributed by atoms with Crippen LogP contribution < -0.4 is 4.90 Å². The molecule has 0 atom stereocenters. The van der Waals surface area contributed by atoms with E-state index in [1.54, 1.807) is 40.5 Å². The summed E-state index contributed by atoms with van der Waals surface area (Å²) in [4.78, 5) is 24.2. The number of hydrogen-bond donors (Lipinski definition) is 0. The van der Waals surface area contributed by atoms with Gasteiger partial charge in [0.15, 0.2) is 5.13 Å². The molecule has 148 valence electrons. The molecule has 4 nitrogen and oxygen atoms in total. The van der Waals surface area contributed by atoms with Crippen LogP contribution in [-0.4, -0.2) is 48.2 Å². The molecule has 0 saturated heterocycles. The molecule has 0 fully saturated rings. The van der Waals surface area contributed by atoms with Gasteiger partial charge in [0.25, 0.3) is 5.91 Å². The number of hydrogen-bond acceptors (Lipinski definition) is 6. The van der Waals surface area contributed by atoms with E-state index in [4.69, 9.17) is 4.98 Å². The molecule has 0 N–H and O–H groups in total. The van der Waals surface area contributed by atoms with Crippen LogP contribution >= 0.6 is 34.4 Å². The molecule has 1 aromatic carbocycles. The maximum Gasteiger partial charge on any atom is 0.252 e. The zero-order chi connectivity index (χ0) is 19.9. The quantitative estimate of drug-likeness (QED) is 0.333. The van der Waals surface area contributed by atoms with E-state index in [-0.39, 0.29) is 5.91 Å². The first-order valence-electron chi connectivity index (χ1n) is 9.35. The molecule has 3 rings (SSSR count). The van der Waals surface area contributed by atoms with Crippen molar-refractivity contribution in [1.29, 1.82) is 0 Å². The van der Waals surface area contributed by atoms with Crippen LogP contribution in [-0.2, 0) is 4.79 Å². The average Bonchev–Trinajstić information content (AvgIpc) is 3.38. The number of carbonyl (C=O) groups is 1. The van der Waals surface area contributed by atoms with Gasteiger partial charge in [0.1, 0.15) is 0 Å². The molecule has 0 saturated carbocycles. The van der Waals surface area contributed by atoms with Gasteiger partial charge in [-0.2, -0.15) is 0 Å². The minimum Gasteiger partial charge on any atom is -0.302 e. The third-order valence-corrected chi connectivity index (χ3v) is 7.21. The van der Waals surface area contributed by atoms with Crippen molar-refractivity contribution in [2.45, 2.75) is 18.7 Å². The summed E-state index contributed by atoms with van der Waals surface area (Å²) >= 11 is 4.90. The molecule has 0 aliphatic heterocycles. The Labute approximate surface area is 178 Å². The van der Waals surface area contributed by atoms with Gasteiger partial charge in [-0.05, 0) is 49.0 Å². The van der Waals surface area contributed by atoms with Crippen LogP contribution in [0.25, 0.3) is 16.3 Å². The van der Waals surface area contributed by atoms with Crippen LogP contribution in [0.2, 0.25) is 0 Å². The van der Waals surface area contributed by atoms with Crippen molar-refractivity contribution in [3.8, 4) is 0 Å². The van der Waals surface area contributed by atoms with Crippen molar-refractivity contribution in [3.05, 3.63) is 46.7 Å². The van der Waals surface area contributed by atoms with Crippen molar-refractivity contribution in [2.75, 3.05) is 37.3 Å². The summed E-state index contributed by atoms with van der Waals surface area (Å²) in [6, 6.07) is 10.2. The zero-order valence-electron chi connectivity index (χ0n) is 16.4. The van der Waals surface area contributed by atoms with Crippen molar-refractivity contribution in [2.24, 2.45) is 0 Å². The van der Waals surface area contributed by atoms with Crippen LogP contribution in [0.5, 0.6) is 0 Å². The molecule has 2 heterocycles. The molecule has 28 heavy (non-hydrogen) atoms. The van der Waals surface area contributed by atoms with Crippen LogP contribution in [0.4, 0.5) is 5.13 Å². The molecule has 3 aromatic rings. The smallest absolute Gasteiger partial charge is 0.252 e. The number of likely N-dealkylation sites (N-methyl/N-ethyl adjacent to an activating group) is 1. The molecule has 2 aromatic heterocycles. The van der Waals surface area contributed by atoms with Crippen LogP contribution in [0, 0.1) is 0 Å². The van der Waals surface area contributed by atoms with E-state index >= 15 is 0 Å². The van der Waals surface area contributed by atoms with Crippen molar-refractivity contribution in [3.63, 3.8) is 0 Å². The molecular formula is C21H25N3OS3. The maximum atomic E-state index is 13.0. The molecular weight excluding hydrogens is 406 g/mol. The number of anilines is 1. The van der Waals surface area contributed by atoms with Gasteiger partial charge in [-0.3, -0.25) is 9.69 Å². The normalized spacial score (nSPS) is 11.7. The minimum atomic E-state index is -0.0229. The first-order valence-corrected chi connectivity index (χ1v) is 12.3. The Bertz CT molecular complexity index is 930. The molecule has 0 radical (unpaired) electrons. The fourth-order valence-corrected chi connectivity index (χ4v) is 5.17. The van der Waals surface area contributed by atoms with E-state index in [1.165, 1.54) is 0 Å². The van der Waals surface area contributed by atoms with E-state index in [1.807, 2.05) is 28.5 Å². The first-order chi connectivity index (χ1) is 13.7. The summed E-state index contributed by atoms with van der Waals surface area (Å²) in [5, 5.41) is 2.78. The summed E-state index contributed by atoms with van der Waals surface area (Å²) < 4.78 is 1.12. The topological polar surface area (TPSA) is 36.4 Å². The van der Waals surface area contributed by atoms with Gasteiger partial charge in [-0.25, -0.2) is 4.98 Å². The number of nitrogens with zero attached hydrogens (tertiary/aromatic N) is 3. The van der Waals surface area contributed by atoms with Gasteiger partial charge in [-0.1, -0.05) is 37.3 Å². The number of aromatic nitrogens is 1. The van der Waals surface area contributed by atoms with Crippen molar-refractivity contribution >= 4 is 61.8 Å². The summed E-state index contributed by atoms with van der Waals surface area (Å²) in [7, 11) is 0. The average molecular weight is 432 g/mol. The zero-order valence-corrected chi connectivity index (χ0v) is 18.9. The highest BCUT2D eigenvalue weighted by Gasteiger charge is 2.19. The Kier molecular flexibility index (Phi) is 7.67. The van der Waals surface area contributed by atoms with Gasteiger partial charge in [0.2, 0.25) is 0 Å². The second-order valence-electron chi connectivity index (χ2n) is 6.17. The predicted molar refractivity (Wildman–Crippen MR) is 125 cm³/mol. The molecule has 7 heteroatoms. The van der Waals surface area contributed by atoms with Gasteiger partial charge in [0.05, 0.1) is 10.2 Å². The summed E-state index contributed by atoms with van der Waals surface area (Å²) in [5.41, 5.74) is 0.984. The Morgan fingerprint density at radius 3 is 2.68 bits per heavy atom. The fraction of sp³-hybridized carbons (Fsp3) is 0.333. The number of carbonyl (C=O) groups excluding carboxylic acids is 1. The van der Waals surface area contributed by atoms with Gasteiger partial charge >= 0.3 is 0 Å². The Morgan fingerprint density at radius 2 is 2.00 bits per heavy atom. The van der Waals surface area contributed by atoms with Gasteiger partial charge in [-0.15, -0.1) is 23.1 Å². The van der Waals surface area contributed by atoms with Crippen LogP contribution in [0.15, 0.2) is 46.7 Å². The first kappa shape index (κ1) is 21.0. The second-order valence-corrected chi connectivity index (χ2v) is 9.01. The lowest BCUT2D eigenvalue weighted by atomic mass is 10.3. The van der Waals surface area contributed by atoms with Gasteiger partial charge < -0.3 is 4.90 Å². The maximum absolute atomic E-state index is 13.0. The van der Waals surface area contributed by atoms with Crippen LogP contribution in [0.3, 0.4) is 0 Å². The second kappa shape index (κ2) is 10.2. The van der Waals surface area contributed by atoms with E-state index in [2.05, 4.69) is 43.2 Å². The summed E-state index contributed by atoms with van der Waals surface area (Å²) in [6.07, 6.45) is 5.61. The number of thiophene rings is 1. The van der Waals surface area contributed by atoms with E-state index in [9.17, 15) is 4.79 Å². The number of para-hydroxylation sites is 1. The van der Waals surface area contributed by atoms with E-state index < -0.39 is 0 Å². The Morgan fingerprint density at radius 1 is 1.18 bits per heavy atom. The fourth-order valence-electron chi connectivity index (χ4n) is 2.90. The number of thioether (sulfide) groups is 1. The molecule has 0 unspecified atom stereocenters. The standard InChI is InChI=1S/C21H25N3OS3/c1-4-23(5-2)13-14-24(19(25)12-11-16-8-7-15-27-16)21-22-20-17(26-3)9-6-10-18(20)28-21/h6-12,15H,4-5,13-14H2,1-3H3. The highest BCUT2D eigenvalue weighted by molar-refractivity contribution is 7.98. The predicted octanol–water partition coefficient (Wildman–Crippen LogP) is 5.47. The van der Waals surface area contributed by atoms with E-state index in [0.29, 0.717) is 6.54 Å². The lowest BCUT2D eigenvalue weighted by molar-refractivity contribution is -0.114. The molecule has 1 amide bonds. The molecule has 0 bridgehead atoms. The lowest BCUT2D eigenvalue weighted by Crippen LogP contribution is -2.38. The highest BCUT2D eigenvalue weighted by atomic mass is 32.2. The van der Waals surface area contributed by atoms with Crippen molar-refractivity contribution < 1.29 is 4.79 Å². The summed E-state index contributed by atoms with van der Waals surface area (Å²) in [6.45, 7) is 7.70. The number of rotatable bonds is 9. The highest BCUT2D eigenvalue weighted by Crippen LogP contribution is 2.34.